The molecule has 2 amide bonds. The first kappa shape index (κ1) is 22.1. The van der Waals surface area contributed by atoms with Gasteiger partial charge in [-0.2, -0.15) is 0 Å². The second-order valence-corrected chi connectivity index (χ2v) is 7.54. The lowest BCUT2D eigenvalue weighted by molar-refractivity contribution is -0.123. The van der Waals surface area contributed by atoms with Gasteiger partial charge >= 0.3 is 0 Å². The lowest BCUT2D eigenvalue weighted by atomic mass is 10.1. The summed E-state index contributed by atoms with van der Waals surface area (Å²) in [7, 11) is 0. The Kier molecular flexibility index (Phi) is 6.69. The summed E-state index contributed by atoms with van der Waals surface area (Å²) in [5.41, 5.74) is 2.41. The summed E-state index contributed by atoms with van der Waals surface area (Å²) in [5, 5.41) is 2.77. The Hall–Kier alpha value is -4.13. The third-order valence-corrected chi connectivity index (χ3v) is 5.30. The van der Waals surface area contributed by atoms with Crippen molar-refractivity contribution >= 4 is 29.0 Å². The number of rotatable bonds is 8. The van der Waals surface area contributed by atoms with E-state index in [9.17, 15) is 14.4 Å². The Bertz CT molecular complexity index is 1180. The minimum Gasteiger partial charge on any atom is -0.485 e. The summed E-state index contributed by atoms with van der Waals surface area (Å²) in [5.74, 6) is 0.164. The maximum Gasteiger partial charge on any atom is 0.265 e. The van der Waals surface area contributed by atoms with E-state index < -0.39 is 0 Å². The normalized spacial score (nSPS) is 12.5. The summed E-state index contributed by atoms with van der Waals surface area (Å²) in [6, 6.07) is 21.4. The number of hydrogen-bond donors (Lipinski definition) is 1. The average Bonchev–Trinajstić information content (AvgIpc) is 2.84. The van der Waals surface area contributed by atoms with E-state index in [-0.39, 0.29) is 37.4 Å². The van der Waals surface area contributed by atoms with Crippen LogP contribution in [0.5, 0.6) is 11.5 Å². The van der Waals surface area contributed by atoms with Gasteiger partial charge in [-0.15, -0.1) is 0 Å². The van der Waals surface area contributed by atoms with Crippen LogP contribution in [-0.2, 0) is 16.0 Å². The molecule has 3 aromatic rings. The number of ether oxygens (including phenoxy) is 2. The quantitative estimate of drug-likeness (QED) is 0.533. The molecule has 1 N–H and O–H groups in total. The minimum atomic E-state index is -0.358. The summed E-state index contributed by atoms with van der Waals surface area (Å²) < 4.78 is 11.2. The Morgan fingerprint density at radius 3 is 2.58 bits per heavy atom. The van der Waals surface area contributed by atoms with Crippen LogP contribution in [0.3, 0.4) is 0 Å². The van der Waals surface area contributed by atoms with E-state index in [1.165, 1.54) is 4.90 Å². The molecule has 0 atom stereocenters. The van der Waals surface area contributed by atoms with Gasteiger partial charge in [0.1, 0.15) is 18.0 Å². The molecule has 7 nitrogen and oxygen atoms in total. The van der Waals surface area contributed by atoms with E-state index in [0.29, 0.717) is 28.4 Å². The molecule has 0 unspecified atom stereocenters. The fourth-order valence-electron chi connectivity index (χ4n) is 3.58. The Morgan fingerprint density at radius 1 is 1.03 bits per heavy atom. The zero-order valence-corrected chi connectivity index (χ0v) is 18.2. The highest BCUT2D eigenvalue weighted by molar-refractivity contribution is 6.06. The van der Waals surface area contributed by atoms with Crippen LogP contribution in [0.25, 0.3) is 0 Å². The van der Waals surface area contributed by atoms with Crippen LogP contribution in [0.15, 0.2) is 72.8 Å². The van der Waals surface area contributed by atoms with Crippen molar-refractivity contribution in [1.82, 2.24) is 0 Å². The van der Waals surface area contributed by atoms with Crippen molar-refractivity contribution in [3.8, 4) is 11.5 Å². The summed E-state index contributed by atoms with van der Waals surface area (Å²) in [6.45, 7) is 1.52. The molecule has 0 saturated heterocycles. The van der Waals surface area contributed by atoms with E-state index in [4.69, 9.17) is 9.47 Å². The molecule has 168 valence electrons. The molecule has 1 aliphatic heterocycles. The zero-order chi connectivity index (χ0) is 23.2. The SMILES string of the molecule is CCc1ccccc1OCC(=O)c1ccc2c(c1)N(CC(=O)Nc1ccccc1)C(=O)CO2. The van der Waals surface area contributed by atoms with Crippen LogP contribution in [0.2, 0.25) is 0 Å². The first-order chi connectivity index (χ1) is 16.0. The van der Waals surface area contributed by atoms with Crippen molar-refractivity contribution < 1.29 is 23.9 Å². The minimum absolute atomic E-state index is 0.140. The fourth-order valence-corrected chi connectivity index (χ4v) is 3.58. The first-order valence-electron chi connectivity index (χ1n) is 10.7. The first-order valence-corrected chi connectivity index (χ1v) is 10.7. The Labute approximate surface area is 191 Å². The van der Waals surface area contributed by atoms with Gasteiger partial charge in [-0.25, -0.2) is 0 Å². The Balaban J connectivity index is 1.49. The summed E-state index contributed by atoms with van der Waals surface area (Å²) in [6.07, 6.45) is 0.794. The number of carbonyl (C=O) groups is 3. The number of carbonyl (C=O) groups excluding carboxylic acids is 3. The number of nitrogens with zero attached hydrogens (tertiary/aromatic N) is 1. The van der Waals surface area contributed by atoms with Crippen molar-refractivity contribution in [2.24, 2.45) is 0 Å². The van der Waals surface area contributed by atoms with Crippen molar-refractivity contribution in [2.45, 2.75) is 13.3 Å². The largest absolute Gasteiger partial charge is 0.485 e. The van der Waals surface area contributed by atoms with Crippen molar-refractivity contribution in [1.29, 1.82) is 0 Å². The number of Topliss-reactive ketones (excluding diaryl/α,β-unsaturated/α-hetero) is 1. The number of benzene rings is 3. The van der Waals surface area contributed by atoms with Gasteiger partial charge in [0.15, 0.2) is 19.0 Å². The highest BCUT2D eigenvalue weighted by atomic mass is 16.5. The molecule has 0 saturated carbocycles. The van der Waals surface area contributed by atoms with Gasteiger partial charge < -0.3 is 14.8 Å². The second-order valence-electron chi connectivity index (χ2n) is 7.54. The van der Waals surface area contributed by atoms with E-state index in [0.717, 1.165) is 12.0 Å². The van der Waals surface area contributed by atoms with E-state index in [1.807, 2.05) is 49.4 Å². The van der Waals surface area contributed by atoms with Gasteiger partial charge in [-0.3, -0.25) is 19.3 Å². The van der Waals surface area contributed by atoms with Gasteiger partial charge in [0.2, 0.25) is 5.91 Å². The number of nitrogens with one attached hydrogen (secondary N) is 1. The van der Waals surface area contributed by atoms with E-state index in [2.05, 4.69) is 5.32 Å². The Morgan fingerprint density at radius 2 is 1.79 bits per heavy atom. The molecule has 33 heavy (non-hydrogen) atoms. The van der Waals surface area contributed by atoms with E-state index in [1.54, 1.807) is 30.3 Å². The zero-order valence-electron chi connectivity index (χ0n) is 18.2. The summed E-state index contributed by atoms with van der Waals surface area (Å²) >= 11 is 0. The molecule has 0 fully saturated rings. The van der Waals surface area contributed by atoms with Crippen LogP contribution in [0.1, 0.15) is 22.8 Å². The lowest BCUT2D eigenvalue weighted by Crippen LogP contribution is -2.43. The number of para-hydroxylation sites is 2. The van der Waals surface area contributed by atoms with Crippen LogP contribution < -0.4 is 19.7 Å². The molecule has 0 spiro atoms. The second kappa shape index (κ2) is 9.99. The van der Waals surface area contributed by atoms with Crippen LogP contribution in [0.4, 0.5) is 11.4 Å². The smallest absolute Gasteiger partial charge is 0.265 e. The van der Waals surface area contributed by atoms with Gasteiger partial charge in [0, 0.05) is 11.3 Å². The number of aryl methyl sites for hydroxylation is 1. The van der Waals surface area contributed by atoms with Crippen LogP contribution in [0, 0.1) is 0 Å². The summed E-state index contributed by atoms with van der Waals surface area (Å²) in [4.78, 5) is 39.2. The van der Waals surface area contributed by atoms with Crippen LogP contribution >= 0.6 is 0 Å². The van der Waals surface area contributed by atoms with Gasteiger partial charge in [-0.1, -0.05) is 43.3 Å². The monoisotopic (exact) mass is 444 g/mol. The standard InChI is InChI=1S/C26H24N2O5/c1-2-18-8-6-7-11-23(18)32-16-22(29)19-12-13-24-21(14-19)28(26(31)17-33-24)15-25(30)27-20-9-4-3-5-10-20/h3-14H,2,15-17H2,1H3,(H,27,30). The van der Waals surface area contributed by atoms with Crippen molar-refractivity contribution in [2.75, 3.05) is 30.0 Å². The lowest BCUT2D eigenvalue weighted by Gasteiger charge is -2.29. The number of anilines is 2. The fraction of sp³-hybridized carbons (Fsp3) is 0.192. The topological polar surface area (TPSA) is 84.9 Å². The molecular formula is C26H24N2O5. The van der Waals surface area contributed by atoms with E-state index >= 15 is 0 Å². The molecule has 0 radical (unpaired) electrons. The third kappa shape index (κ3) is 5.20. The molecule has 1 aliphatic rings. The molecule has 0 aromatic heterocycles. The average molecular weight is 444 g/mol. The molecular weight excluding hydrogens is 420 g/mol. The number of hydrogen-bond acceptors (Lipinski definition) is 5. The molecule has 1 heterocycles. The van der Waals surface area contributed by atoms with Gasteiger partial charge in [0.05, 0.1) is 5.69 Å². The highest BCUT2D eigenvalue weighted by Crippen LogP contribution is 2.33. The predicted octanol–water partition coefficient (Wildman–Crippen LogP) is 3.87. The van der Waals surface area contributed by atoms with Gasteiger partial charge in [0.25, 0.3) is 5.91 Å². The maximum absolute atomic E-state index is 12.8. The molecule has 7 heteroatoms. The van der Waals surface area contributed by atoms with Crippen molar-refractivity contribution in [3.63, 3.8) is 0 Å². The third-order valence-electron chi connectivity index (χ3n) is 5.30. The maximum atomic E-state index is 12.8. The van der Waals surface area contributed by atoms with Crippen molar-refractivity contribution in [3.05, 3.63) is 83.9 Å². The number of amides is 2. The molecule has 0 bridgehead atoms. The number of ketones is 1. The predicted molar refractivity (Wildman–Crippen MR) is 125 cm³/mol. The highest BCUT2D eigenvalue weighted by Gasteiger charge is 2.28. The van der Waals surface area contributed by atoms with Crippen LogP contribution in [-0.4, -0.2) is 37.4 Å². The van der Waals surface area contributed by atoms with Gasteiger partial charge in [-0.05, 0) is 48.4 Å². The number of fused-ring (bicyclic) bond motifs is 1. The molecule has 3 aromatic carbocycles. The molecule has 0 aliphatic carbocycles. The molecule has 4 rings (SSSR count).